The van der Waals surface area contributed by atoms with Crippen LogP contribution in [0.1, 0.15) is 125 Å². The summed E-state index contributed by atoms with van der Waals surface area (Å²) in [6.45, 7) is 9.33. The molecule has 0 amide bonds. The molecule has 4 rings (SSSR count). The van der Waals surface area contributed by atoms with E-state index in [1.807, 2.05) is 0 Å². The number of hydrogen-bond donors (Lipinski definition) is 0. The average molecular weight is 431 g/mol. The van der Waals surface area contributed by atoms with Gasteiger partial charge in [0.05, 0.1) is 0 Å². The molecule has 0 aromatic heterocycles. The Labute approximate surface area is 198 Å². The number of hydrogen-bond acceptors (Lipinski definition) is 0. The molecule has 0 aliphatic heterocycles. The van der Waals surface area contributed by atoms with Crippen LogP contribution in [-0.4, -0.2) is 0 Å². The van der Waals surface area contributed by atoms with E-state index in [0.29, 0.717) is 0 Å². The maximum atomic E-state index is 2.50. The van der Waals surface area contributed by atoms with Crippen molar-refractivity contribution >= 4 is 0 Å². The molecule has 0 bridgehead atoms. The highest BCUT2D eigenvalue weighted by Crippen LogP contribution is 2.41. The van der Waals surface area contributed by atoms with E-state index in [4.69, 9.17) is 0 Å². The summed E-state index contributed by atoms with van der Waals surface area (Å²) < 4.78 is 0. The standard InChI is InChI=1S/C32H46/c1-5-7-25-9-13-27(14-10-25)29-17-19-32(23(3)21-29)30-18-20-31(24(4)22-30)28-15-11-26(8-6-2)12-16-28/h17-22,25-28H,5-16H2,1-4H3/t25-,26-,27-,28-. The first kappa shape index (κ1) is 23.6. The molecule has 2 aromatic carbocycles. The summed E-state index contributed by atoms with van der Waals surface area (Å²) in [5.74, 6) is 3.53. The van der Waals surface area contributed by atoms with Gasteiger partial charge < -0.3 is 0 Å². The fourth-order valence-electron chi connectivity index (χ4n) is 6.93. The molecule has 0 unspecified atom stereocenters. The van der Waals surface area contributed by atoms with Crippen LogP contribution in [0.4, 0.5) is 0 Å². The van der Waals surface area contributed by atoms with Crippen LogP contribution in [0.5, 0.6) is 0 Å². The van der Waals surface area contributed by atoms with Gasteiger partial charge in [-0.1, -0.05) is 75.9 Å². The molecule has 2 fully saturated rings. The predicted molar refractivity (Wildman–Crippen MR) is 141 cm³/mol. The van der Waals surface area contributed by atoms with E-state index in [2.05, 4.69) is 64.1 Å². The van der Waals surface area contributed by atoms with Crippen molar-refractivity contribution in [2.45, 2.75) is 117 Å². The zero-order chi connectivity index (χ0) is 22.5. The summed E-state index contributed by atoms with van der Waals surface area (Å²) in [5.41, 5.74) is 8.97. The molecule has 0 spiro atoms. The Kier molecular flexibility index (Phi) is 8.14. The zero-order valence-electron chi connectivity index (χ0n) is 21.3. The van der Waals surface area contributed by atoms with E-state index in [1.54, 1.807) is 11.1 Å². The lowest BCUT2D eigenvalue weighted by Gasteiger charge is -2.30. The zero-order valence-corrected chi connectivity index (χ0v) is 21.3. The maximum absolute atomic E-state index is 2.50. The van der Waals surface area contributed by atoms with Gasteiger partial charge in [0.1, 0.15) is 0 Å². The van der Waals surface area contributed by atoms with Crippen LogP contribution in [0.3, 0.4) is 0 Å². The molecule has 2 aliphatic carbocycles. The quantitative estimate of drug-likeness (QED) is 0.410. The molecule has 0 nitrogen and oxygen atoms in total. The molecule has 0 N–H and O–H groups in total. The van der Waals surface area contributed by atoms with Crippen molar-refractivity contribution in [3.8, 4) is 11.1 Å². The second kappa shape index (κ2) is 11.0. The minimum atomic E-state index is 0.780. The largest absolute Gasteiger partial charge is 0.0654 e. The van der Waals surface area contributed by atoms with Crippen LogP contribution in [0.2, 0.25) is 0 Å². The summed E-state index contributed by atoms with van der Waals surface area (Å²) in [5, 5.41) is 0. The van der Waals surface area contributed by atoms with Gasteiger partial charge in [-0.2, -0.15) is 0 Å². The highest BCUT2D eigenvalue weighted by molar-refractivity contribution is 5.69. The fourth-order valence-corrected chi connectivity index (χ4v) is 6.93. The number of benzene rings is 2. The average Bonchev–Trinajstić information content (AvgIpc) is 2.81. The first-order chi connectivity index (χ1) is 15.6. The van der Waals surface area contributed by atoms with Gasteiger partial charge in [-0.3, -0.25) is 0 Å². The molecule has 0 radical (unpaired) electrons. The fraction of sp³-hybridized carbons (Fsp3) is 0.625. The van der Waals surface area contributed by atoms with Crippen molar-refractivity contribution in [2.24, 2.45) is 11.8 Å². The monoisotopic (exact) mass is 430 g/mol. The van der Waals surface area contributed by atoms with E-state index in [9.17, 15) is 0 Å². The Morgan fingerprint density at radius 3 is 1.75 bits per heavy atom. The van der Waals surface area contributed by atoms with Crippen LogP contribution in [0.25, 0.3) is 11.1 Å². The molecule has 2 aliphatic rings. The Morgan fingerprint density at radius 2 is 1.22 bits per heavy atom. The minimum absolute atomic E-state index is 0.780. The second-order valence-electron chi connectivity index (χ2n) is 11.2. The van der Waals surface area contributed by atoms with Gasteiger partial charge in [0.15, 0.2) is 0 Å². The minimum Gasteiger partial charge on any atom is -0.0654 e. The normalized spacial score (nSPS) is 26.2. The number of aryl methyl sites for hydroxylation is 2. The van der Waals surface area contributed by atoms with E-state index in [1.165, 1.54) is 99.3 Å². The molecule has 0 heteroatoms. The summed E-state index contributed by atoms with van der Waals surface area (Å²) in [4.78, 5) is 0. The molecular formula is C32H46. The molecule has 0 atom stereocenters. The first-order valence-electron chi connectivity index (χ1n) is 13.8. The lowest BCUT2D eigenvalue weighted by Crippen LogP contribution is -2.14. The Hall–Kier alpha value is -1.56. The highest BCUT2D eigenvalue weighted by atomic mass is 14.3. The maximum Gasteiger partial charge on any atom is -0.0154 e. The van der Waals surface area contributed by atoms with E-state index >= 15 is 0 Å². The summed E-state index contributed by atoms with van der Waals surface area (Å²) in [7, 11) is 0. The van der Waals surface area contributed by atoms with Crippen molar-refractivity contribution in [1.82, 2.24) is 0 Å². The van der Waals surface area contributed by atoms with Crippen molar-refractivity contribution in [2.75, 3.05) is 0 Å². The van der Waals surface area contributed by atoms with Gasteiger partial charge in [-0.15, -0.1) is 0 Å². The van der Waals surface area contributed by atoms with Crippen molar-refractivity contribution in [3.05, 3.63) is 58.7 Å². The molecule has 2 aromatic rings. The van der Waals surface area contributed by atoms with Crippen molar-refractivity contribution < 1.29 is 0 Å². The lowest BCUT2D eigenvalue weighted by atomic mass is 9.75. The Morgan fingerprint density at radius 1 is 0.625 bits per heavy atom. The molecule has 0 saturated heterocycles. The second-order valence-corrected chi connectivity index (χ2v) is 11.2. The smallest absolute Gasteiger partial charge is 0.0154 e. The van der Waals surface area contributed by atoms with Gasteiger partial charge in [0.25, 0.3) is 0 Å². The van der Waals surface area contributed by atoms with Crippen molar-refractivity contribution in [1.29, 1.82) is 0 Å². The van der Waals surface area contributed by atoms with Gasteiger partial charge in [0, 0.05) is 0 Å². The van der Waals surface area contributed by atoms with Crippen LogP contribution in [-0.2, 0) is 0 Å². The van der Waals surface area contributed by atoms with Crippen LogP contribution >= 0.6 is 0 Å². The number of rotatable bonds is 7. The first-order valence-corrected chi connectivity index (χ1v) is 13.8. The highest BCUT2D eigenvalue weighted by Gasteiger charge is 2.24. The van der Waals surface area contributed by atoms with Crippen LogP contribution < -0.4 is 0 Å². The SMILES string of the molecule is CCC[C@H]1CC[C@H](c2ccc(-c3ccc([C@H]4CC[C@H](CCC)CC4)c(C)c3)c(C)c2)CC1. The summed E-state index contributed by atoms with van der Waals surface area (Å²) in [6, 6.07) is 14.7. The molecule has 174 valence electrons. The topological polar surface area (TPSA) is 0 Å². The Bertz CT molecular complexity index is 860. The summed E-state index contributed by atoms with van der Waals surface area (Å²) >= 11 is 0. The van der Waals surface area contributed by atoms with E-state index in [0.717, 1.165) is 23.7 Å². The van der Waals surface area contributed by atoms with Gasteiger partial charge >= 0.3 is 0 Å². The molecule has 2 saturated carbocycles. The van der Waals surface area contributed by atoms with Crippen LogP contribution in [0.15, 0.2) is 36.4 Å². The van der Waals surface area contributed by atoms with E-state index < -0.39 is 0 Å². The van der Waals surface area contributed by atoms with Crippen molar-refractivity contribution in [3.63, 3.8) is 0 Å². The third-order valence-corrected chi connectivity index (χ3v) is 8.83. The molecule has 32 heavy (non-hydrogen) atoms. The van der Waals surface area contributed by atoms with Gasteiger partial charge in [-0.05, 0) is 122 Å². The van der Waals surface area contributed by atoms with Gasteiger partial charge in [0.2, 0.25) is 0 Å². The Balaban J connectivity index is 1.43. The summed E-state index contributed by atoms with van der Waals surface area (Å²) in [6.07, 6.45) is 16.8. The lowest BCUT2D eigenvalue weighted by molar-refractivity contribution is 0.308. The van der Waals surface area contributed by atoms with Crippen LogP contribution in [0, 0.1) is 25.7 Å². The third-order valence-electron chi connectivity index (χ3n) is 8.83. The van der Waals surface area contributed by atoms with Gasteiger partial charge in [-0.25, -0.2) is 0 Å². The predicted octanol–water partition coefficient (Wildman–Crippen LogP) is 10.1. The molecular weight excluding hydrogens is 384 g/mol. The third kappa shape index (κ3) is 5.49. The van der Waals surface area contributed by atoms with E-state index in [-0.39, 0.29) is 0 Å². The molecule has 0 heterocycles.